The average molecular weight is 351 g/mol. The van der Waals surface area contributed by atoms with E-state index in [1.54, 1.807) is 0 Å². The third-order valence-electron chi connectivity index (χ3n) is 2.96. The number of nitrogens with one attached hydrogen (secondary N) is 1. The van der Waals surface area contributed by atoms with Gasteiger partial charge in [0.2, 0.25) is 0 Å². The van der Waals surface area contributed by atoms with Crippen LogP contribution in [0.2, 0.25) is 0 Å². The number of ether oxygens (including phenoxy) is 1. The van der Waals surface area contributed by atoms with Crippen LogP contribution in [0.5, 0.6) is 0 Å². The SMILES string of the molecule is C[C@@H](OC(=O)CSc1ccccc1)C(=O)Nc1cc(F)ccc1F. The molecule has 1 amide bonds. The molecule has 7 heteroatoms. The molecule has 24 heavy (non-hydrogen) atoms. The van der Waals surface area contributed by atoms with Gasteiger partial charge in [-0.3, -0.25) is 9.59 Å². The van der Waals surface area contributed by atoms with Gasteiger partial charge in [0, 0.05) is 11.0 Å². The van der Waals surface area contributed by atoms with Gasteiger partial charge in [0.15, 0.2) is 6.10 Å². The first-order chi connectivity index (χ1) is 11.5. The summed E-state index contributed by atoms with van der Waals surface area (Å²) in [6, 6.07) is 11.9. The number of benzene rings is 2. The van der Waals surface area contributed by atoms with E-state index in [0.29, 0.717) is 0 Å². The lowest BCUT2D eigenvalue weighted by Gasteiger charge is -2.14. The number of hydrogen-bond acceptors (Lipinski definition) is 4. The van der Waals surface area contributed by atoms with Crippen molar-refractivity contribution in [2.75, 3.05) is 11.1 Å². The van der Waals surface area contributed by atoms with Crippen LogP contribution in [0.15, 0.2) is 53.4 Å². The van der Waals surface area contributed by atoms with Crippen LogP contribution in [0.25, 0.3) is 0 Å². The van der Waals surface area contributed by atoms with Crippen LogP contribution in [-0.2, 0) is 14.3 Å². The van der Waals surface area contributed by atoms with E-state index in [-0.39, 0.29) is 11.4 Å². The molecule has 126 valence electrons. The number of amides is 1. The van der Waals surface area contributed by atoms with Crippen LogP contribution in [0.1, 0.15) is 6.92 Å². The third-order valence-corrected chi connectivity index (χ3v) is 3.95. The highest BCUT2D eigenvalue weighted by molar-refractivity contribution is 8.00. The normalized spacial score (nSPS) is 11.6. The minimum absolute atomic E-state index is 0.0377. The Hall–Kier alpha value is -2.41. The molecule has 1 atom stereocenters. The lowest BCUT2D eigenvalue weighted by atomic mass is 10.2. The third kappa shape index (κ3) is 5.34. The van der Waals surface area contributed by atoms with Crippen LogP contribution < -0.4 is 5.32 Å². The molecule has 0 fully saturated rings. The minimum Gasteiger partial charge on any atom is -0.452 e. The molecule has 0 aliphatic rings. The maximum atomic E-state index is 13.5. The Labute approximate surface area is 142 Å². The maximum absolute atomic E-state index is 13.5. The van der Waals surface area contributed by atoms with Crippen molar-refractivity contribution in [1.82, 2.24) is 0 Å². The Bertz CT molecular complexity index is 725. The second kappa shape index (κ2) is 8.44. The van der Waals surface area contributed by atoms with Gasteiger partial charge in [-0.15, -0.1) is 11.8 Å². The van der Waals surface area contributed by atoms with Crippen LogP contribution in [-0.4, -0.2) is 23.7 Å². The van der Waals surface area contributed by atoms with Crippen LogP contribution in [0, 0.1) is 11.6 Å². The summed E-state index contributed by atoms with van der Waals surface area (Å²) in [4.78, 5) is 24.5. The Morgan fingerprint density at radius 1 is 1.17 bits per heavy atom. The Morgan fingerprint density at radius 2 is 1.88 bits per heavy atom. The average Bonchev–Trinajstić information content (AvgIpc) is 2.57. The molecule has 1 N–H and O–H groups in total. The van der Waals surface area contributed by atoms with Crippen molar-refractivity contribution in [3.8, 4) is 0 Å². The van der Waals surface area contributed by atoms with Gasteiger partial charge in [0.05, 0.1) is 11.4 Å². The fourth-order valence-corrected chi connectivity index (χ4v) is 2.47. The second-order valence-corrected chi connectivity index (χ2v) is 5.90. The molecule has 0 saturated carbocycles. The van der Waals surface area contributed by atoms with Crippen molar-refractivity contribution in [3.05, 3.63) is 60.2 Å². The van der Waals surface area contributed by atoms with Gasteiger partial charge in [-0.1, -0.05) is 18.2 Å². The lowest BCUT2D eigenvalue weighted by molar-refractivity contribution is -0.150. The van der Waals surface area contributed by atoms with Gasteiger partial charge in [-0.25, -0.2) is 8.78 Å². The van der Waals surface area contributed by atoms with E-state index in [9.17, 15) is 18.4 Å². The summed E-state index contributed by atoms with van der Waals surface area (Å²) in [6.45, 7) is 1.36. The molecule has 0 aliphatic heterocycles. The number of hydrogen-bond donors (Lipinski definition) is 1. The van der Waals surface area contributed by atoms with Gasteiger partial charge >= 0.3 is 5.97 Å². The monoisotopic (exact) mass is 351 g/mol. The Balaban J connectivity index is 1.84. The van der Waals surface area contributed by atoms with E-state index in [0.717, 1.165) is 23.1 Å². The number of thioether (sulfide) groups is 1. The second-order valence-electron chi connectivity index (χ2n) is 4.85. The van der Waals surface area contributed by atoms with Crippen LogP contribution >= 0.6 is 11.8 Å². The number of halogens is 2. The van der Waals surface area contributed by atoms with E-state index in [1.165, 1.54) is 18.7 Å². The molecule has 0 aromatic heterocycles. The van der Waals surface area contributed by atoms with Crippen molar-refractivity contribution in [3.63, 3.8) is 0 Å². The number of carbonyl (C=O) groups is 2. The summed E-state index contributed by atoms with van der Waals surface area (Å²) in [5.41, 5.74) is -0.304. The summed E-state index contributed by atoms with van der Waals surface area (Å²) >= 11 is 1.27. The number of carbonyl (C=O) groups excluding carboxylic acids is 2. The van der Waals surface area contributed by atoms with E-state index in [4.69, 9.17) is 4.74 Å². The summed E-state index contributed by atoms with van der Waals surface area (Å²) in [7, 11) is 0. The van der Waals surface area contributed by atoms with E-state index >= 15 is 0 Å². The smallest absolute Gasteiger partial charge is 0.317 e. The molecule has 0 spiro atoms. The largest absolute Gasteiger partial charge is 0.452 e. The van der Waals surface area contributed by atoms with Gasteiger partial charge in [-0.05, 0) is 31.2 Å². The number of esters is 1. The molecule has 0 bridgehead atoms. The molecule has 0 saturated heterocycles. The minimum atomic E-state index is -1.13. The van der Waals surface area contributed by atoms with Crippen molar-refractivity contribution < 1.29 is 23.1 Å². The zero-order valence-electron chi connectivity index (χ0n) is 12.8. The fourth-order valence-electron chi connectivity index (χ4n) is 1.77. The maximum Gasteiger partial charge on any atom is 0.317 e. The molecular weight excluding hydrogens is 336 g/mol. The quantitative estimate of drug-likeness (QED) is 0.638. The van der Waals surface area contributed by atoms with Crippen molar-refractivity contribution in [2.24, 2.45) is 0 Å². The van der Waals surface area contributed by atoms with Gasteiger partial charge in [0.25, 0.3) is 5.91 Å². The topological polar surface area (TPSA) is 55.4 Å². The fraction of sp³-hybridized carbons (Fsp3) is 0.176. The summed E-state index contributed by atoms with van der Waals surface area (Å²) < 4.78 is 31.5. The van der Waals surface area contributed by atoms with Crippen molar-refractivity contribution in [2.45, 2.75) is 17.9 Å². The molecule has 0 radical (unpaired) electrons. The van der Waals surface area contributed by atoms with Crippen molar-refractivity contribution >= 4 is 29.3 Å². The van der Waals surface area contributed by atoms with Gasteiger partial charge in [0.1, 0.15) is 11.6 Å². The highest BCUT2D eigenvalue weighted by Crippen LogP contribution is 2.18. The molecule has 2 rings (SSSR count). The molecule has 0 aliphatic carbocycles. The van der Waals surface area contributed by atoms with E-state index in [2.05, 4.69) is 5.32 Å². The first-order valence-electron chi connectivity index (χ1n) is 7.09. The number of rotatable bonds is 6. The Morgan fingerprint density at radius 3 is 2.58 bits per heavy atom. The molecule has 0 unspecified atom stereocenters. The zero-order valence-corrected chi connectivity index (χ0v) is 13.6. The molecule has 2 aromatic carbocycles. The summed E-state index contributed by atoms with van der Waals surface area (Å²) in [5.74, 6) is -2.74. The van der Waals surface area contributed by atoms with Gasteiger partial charge < -0.3 is 10.1 Å². The summed E-state index contributed by atoms with van der Waals surface area (Å²) in [5, 5.41) is 2.19. The van der Waals surface area contributed by atoms with Crippen LogP contribution in [0.3, 0.4) is 0 Å². The van der Waals surface area contributed by atoms with Crippen molar-refractivity contribution in [1.29, 1.82) is 0 Å². The first kappa shape index (κ1) is 17.9. The molecule has 0 heterocycles. The highest BCUT2D eigenvalue weighted by atomic mass is 32.2. The molecule has 2 aromatic rings. The van der Waals surface area contributed by atoms with E-state index in [1.807, 2.05) is 30.3 Å². The zero-order chi connectivity index (χ0) is 17.5. The van der Waals surface area contributed by atoms with E-state index < -0.39 is 29.6 Å². The predicted molar refractivity (Wildman–Crippen MR) is 87.7 cm³/mol. The summed E-state index contributed by atoms with van der Waals surface area (Å²) in [6.07, 6.45) is -1.13. The standard InChI is InChI=1S/C17H15F2NO3S/c1-11(17(22)20-15-9-12(18)7-8-14(15)19)23-16(21)10-24-13-5-3-2-4-6-13/h2-9,11H,10H2,1H3,(H,20,22)/t11-/m1/s1. The predicted octanol–water partition coefficient (Wildman–Crippen LogP) is 3.63. The first-order valence-corrected chi connectivity index (χ1v) is 8.07. The molecule has 4 nitrogen and oxygen atoms in total. The highest BCUT2D eigenvalue weighted by Gasteiger charge is 2.19. The Kier molecular flexibility index (Phi) is 6.31. The number of anilines is 1. The molecular formula is C17H15F2NO3S. The van der Waals surface area contributed by atoms with Gasteiger partial charge in [-0.2, -0.15) is 0 Å². The van der Waals surface area contributed by atoms with Crippen LogP contribution in [0.4, 0.5) is 14.5 Å². The lowest BCUT2D eigenvalue weighted by Crippen LogP contribution is -2.30.